The molecule has 0 aliphatic carbocycles. The van der Waals surface area contributed by atoms with Crippen molar-refractivity contribution in [2.45, 2.75) is 92.5 Å². The minimum atomic E-state index is -1.32. The van der Waals surface area contributed by atoms with Crippen molar-refractivity contribution in [2.24, 2.45) is 0 Å². The molecule has 2 unspecified atom stereocenters. The quantitative estimate of drug-likeness (QED) is 0.465. The molecule has 0 spiro atoms. The molecule has 8 nitrogen and oxygen atoms in total. The minimum Gasteiger partial charge on any atom is -0.444 e. The standard InChI is InChI=1S/C30H43N3O5/c1-18-13-12-16-22(21(18)4)25(26(35)32-24-19(2)14-11-15-20(24)3)33(29(5,6)7)27(36)23(17-34)31-28(37)38-30(8,9)10/h11-16,23,25,34H,17H2,1-10H3,(H,31,37)(H,32,35). The van der Waals surface area contributed by atoms with E-state index in [2.05, 4.69) is 10.6 Å². The van der Waals surface area contributed by atoms with Crippen LogP contribution in [0.4, 0.5) is 10.5 Å². The number of anilines is 1. The monoisotopic (exact) mass is 525 g/mol. The van der Waals surface area contributed by atoms with Gasteiger partial charge in [0.2, 0.25) is 5.91 Å². The summed E-state index contributed by atoms with van der Waals surface area (Å²) in [6, 6.07) is 9.01. The van der Waals surface area contributed by atoms with E-state index in [9.17, 15) is 19.5 Å². The molecule has 0 aliphatic rings. The molecule has 2 aromatic rings. The Morgan fingerprint density at radius 3 is 1.92 bits per heavy atom. The lowest BCUT2D eigenvalue weighted by molar-refractivity contribution is -0.147. The number of benzene rings is 2. The first-order chi connectivity index (χ1) is 17.5. The van der Waals surface area contributed by atoms with Crippen LogP contribution in [0.2, 0.25) is 0 Å². The molecule has 8 heteroatoms. The number of nitrogens with zero attached hydrogens (tertiary/aromatic N) is 1. The van der Waals surface area contributed by atoms with Crippen LogP contribution >= 0.6 is 0 Å². The predicted octanol–water partition coefficient (Wildman–Crippen LogP) is 5.11. The summed E-state index contributed by atoms with van der Waals surface area (Å²) in [5, 5.41) is 15.7. The van der Waals surface area contributed by atoms with Crippen molar-refractivity contribution in [1.29, 1.82) is 0 Å². The van der Waals surface area contributed by atoms with Crippen molar-refractivity contribution >= 4 is 23.6 Å². The molecule has 0 radical (unpaired) electrons. The lowest BCUT2D eigenvalue weighted by Crippen LogP contribution is -2.59. The highest BCUT2D eigenvalue weighted by Crippen LogP contribution is 2.34. The molecule has 2 rings (SSSR count). The number of alkyl carbamates (subject to hydrolysis) is 1. The van der Waals surface area contributed by atoms with Gasteiger partial charge in [-0.05, 0) is 97.1 Å². The Kier molecular flexibility index (Phi) is 9.72. The summed E-state index contributed by atoms with van der Waals surface area (Å²) in [7, 11) is 0. The molecule has 0 bridgehead atoms. The minimum absolute atomic E-state index is 0.395. The Bertz CT molecular complexity index is 1160. The van der Waals surface area contributed by atoms with Crippen LogP contribution in [-0.4, -0.2) is 51.7 Å². The number of para-hydroxylation sites is 1. The van der Waals surface area contributed by atoms with Crippen molar-refractivity contribution < 1.29 is 24.2 Å². The Hall–Kier alpha value is -3.39. The maximum Gasteiger partial charge on any atom is 0.408 e. The van der Waals surface area contributed by atoms with Crippen LogP contribution < -0.4 is 10.6 Å². The van der Waals surface area contributed by atoms with Crippen LogP contribution in [0, 0.1) is 27.7 Å². The summed E-state index contributed by atoms with van der Waals surface area (Å²) in [5.41, 5.74) is 3.32. The van der Waals surface area contributed by atoms with E-state index < -0.39 is 47.7 Å². The number of ether oxygens (including phenoxy) is 1. The molecule has 0 saturated carbocycles. The van der Waals surface area contributed by atoms with Gasteiger partial charge in [0.1, 0.15) is 17.7 Å². The summed E-state index contributed by atoms with van der Waals surface area (Å²) in [6.07, 6.45) is -0.831. The van der Waals surface area contributed by atoms with E-state index in [-0.39, 0.29) is 0 Å². The molecule has 3 amide bonds. The number of aryl methyl sites for hydroxylation is 3. The molecule has 0 aliphatic heterocycles. The number of nitrogens with one attached hydrogen (secondary N) is 2. The molecular formula is C30H43N3O5. The van der Waals surface area contributed by atoms with Gasteiger partial charge in [0, 0.05) is 11.2 Å². The van der Waals surface area contributed by atoms with Gasteiger partial charge in [-0.15, -0.1) is 0 Å². The van der Waals surface area contributed by atoms with Gasteiger partial charge in [-0.2, -0.15) is 0 Å². The van der Waals surface area contributed by atoms with Crippen LogP contribution in [0.1, 0.15) is 75.4 Å². The van der Waals surface area contributed by atoms with Gasteiger partial charge in [-0.1, -0.05) is 36.4 Å². The topological polar surface area (TPSA) is 108 Å². The molecular weight excluding hydrogens is 482 g/mol. The normalized spacial score (nSPS) is 13.3. The SMILES string of the molecule is Cc1cccc(C(C(=O)Nc2c(C)cccc2C)N(C(=O)C(CO)NC(=O)OC(C)(C)C)C(C)(C)C)c1C. The van der Waals surface area contributed by atoms with Crippen molar-refractivity contribution in [1.82, 2.24) is 10.2 Å². The molecule has 2 aromatic carbocycles. The maximum atomic E-state index is 14.1. The number of amides is 3. The molecule has 0 heterocycles. The molecule has 208 valence electrons. The van der Waals surface area contributed by atoms with E-state index in [1.807, 2.05) is 84.9 Å². The Morgan fingerprint density at radius 2 is 1.42 bits per heavy atom. The number of hydrogen-bond donors (Lipinski definition) is 3. The number of carbonyl (C=O) groups excluding carboxylic acids is 3. The van der Waals surface area contributed by atoms with Gasteiger partial charge < -0.3 is 25.4 Å². The van der Waals surface area contributed by atoms with Gasteiger partial charge in [0.25, 0.3) is 5.91 Å². The third-order valence-electron chi connectivity index (χ3n) is 6.31. The second-order valence-electron chi connectivity index (χ2n) is 11.7. The predicted molar refractivity (Wildman–Crippen MR) is 150 cm³/mol. The van der Waals surface area contributed by atoms with Crippen molar-refractivity contribution in [3.05, 3.63) is 64.2 Å². The largest absolute Gasteiger partial charge is 0.444 e. The van der Waals surface area contributed by atoms with Gasteiger partial charge >= 0.3 is 6.09 Å². The highest BCUT2D eigenvalue weighted by molar-refractivity contribution is 6.00. The second-order valence-corrected chi connectivity index (χ2v) is 11.7. The number of aliphatic hydroxyl groups excluding tert-OH is 1. The number of aliphatic hydroxyl groups is 1. The fourth-order valence-electron chi connectivity index (χ4n) is 4.32. The van der Waals surface area contributed by atoms with Gasteiger partial charge in [-0.25, -0.2) is 4.79 Å². The molecule has 2 atom stereocenters. The number of hydrogen-bond acceptors (Lipinski definition) is 5. The lowest BCUT2D eigenvalue weighted by Gasteiger charge is -2.43. The first-order valence-corrected chi connectivity index (χ1v) is 12.8. The van der Waals surface area contributed by atoms with Crippen LogP contribution in [0.5, 0.6) is 0 Å². The summed E-state index contributed by atoms with van der Waals surface area (Å²) < 4.78 is 5.31. The van der Waals surface area contributed by atoms with E-state index in [4.69, 9.17) is 4.74 Å². The summed E-state index contributed by atoms with van der Waals surface area (Å²) in [5.74, 6) is -0.998. The van der Waals surface area contributed by atoms with E-state index in [0.717, 1.165) is 22.3 Å². The number of carbonyl (C=O) groups is 3. The Balaban J connectivity index is 2.64. The third-order valence-corrected chi connectivity index (χ3v) is 6.31. The third kappa shape index (κ3) is 7.57. The van der Waals surface area contributed by atoms with Crippen molar-refractivity contribution in [3.8, 4) is 0 Å². The fraction of sp³-hybridized carbons (Fsp3) is 0.500. The zero-order chi connectivity index (χ0) is 29.0. The second kappa shape index (κ2) is 12.0. The average molecular weight is 526 g/mol. The summed E-state index contributed by atoms with van der Waals surface area (Å²) in [4.78, 5) is 42.1. The zero-order valence-electron chi connectivity index (χ0n) is 24.4. The Labute approximate surface area is 226 Å². The summed E-state index contributed by atoms with van der Waals surface area (Å²) in [6.45, 7) is 17.6. The zero-order valence-corrected chi connectivity index (χ0v) is 24.4. The van der Waals surface area contributed by atoms with Gasteiger partial charge in [-0.3, -0.25) is 9.59 Å². The van der Waals surface area contributed by atoms with E-state index in [1.54, 1.807) is 20.8 Å². The molecule has 0 aromatic heterocycles. The van der Waals surface area contributed by atoms with E-state index in [0.29, 0.717) is 11.3 Å². The van der Waals surface area contributed by atoms with Crippen LogP contribution in [0.25, 0.3) is 0 Å². The fourth-order valence-corrected chi connectivity index (χ4v) is 4.32. The lowest BCUT2D eigenvalue weighted by atomic mass is 9.91. The number of rotatable bonds is 7. The highest BCUT2D eigenvalue weighted by Gasteiger charge is 2.42. The van der Waals surface area contributed by atoms with Crippen molar-refractivity contribution in [2.75, 3.05) is 11.9 Å². The molecule has 0 fully saturated rings. The van der Waals surface area contributed by atoms with E-state index in [1.165, 1.54) is 4.90 Å². The van der Waals surface area contributed by atoms with Crippen LogP contribution in [-0.2, 0) is 14.3 Å². The van der Waals surface area contributed by atoms with Crippen LogP contribution in [0.3, 0.4) is 0 Å². The average Bonchev–Trinajstić information content (AvgIpc) is 2.78. The first-order valence-electron chi connectivity index (χ1n) is 12.8. The molecule has 3 N–H and O–H groups in total. The van der Waals surface area contributed by atoms with Gasteiger partial charge in [0.05, 0.1) is 6.61 Å². The maximum absolute atomic E-state index is 14.1. The molecule has 38 heavy (non-hydrogen) atoms. The van der Waals surface area contributed by atoms with Gasteiger partial charge in [0.15, 0.2) is 0 Å². The highest BCUT2D eigenvalue weighted by atomic mass is 16.6. The van der Waals surface area contributed by atoms with Crippen LogP contribution in [0.15, 0.2) is 36.4 Å². The van der Waals surface area contributed by atoms with Crippen molar-refractivity contribution in [3.63, 3.8) is 0 Å². The first kappa shape index (κ1) is 30.8. The van der Waals surface area contributed by atoms with E-state index >= 15 is 0 Å². The summed E-state index contributed by atoms with van der Waals surface area (Å²) >= 11 is 0. The molecule has 0 saturated heterocycles. The smallest absolute Gasteiger partial charge is 0.408 e. The Morgan fingerprint density at radius 1 is 0.895 bits per heavy atom.